The number of nitro benzene ring substituents is 2. The molecular formula is C15H14N2O6. The lowest BCUT2D eigenvalue weighted by molar-refractivity contribution is -0.394. The molecule has 1 aliphatic carbocycles. The maximum atomic E-state index is 12.1. The van der Waals surface area contributed by atoms with E-state index in [2.05, 4.69) is 0 Å². The summed E-state index contributed by atoms with van der Waals surface area (Å²) < 4.78 is 5.26. The maximum absolute atomic E-state index is 12.1. The number of nitrogens with zero attached hydrogens (tertiary/aromatic N) is 2. The lowest BCUT2D eigenvalue weighted by Gasteiger charge is -2.13. The number of benzene rings is 1. The fourth-order valence-electron chi connectivity index (χ4n) is 2.08. The van der Waals surface area contributed by atoms with Gasteiger partial charge in [0.2, 0.25) is 0 Å². The normalized spacial score (nSPS) is 19.9. The van der Waals surface area contributed by atoms with Gasteiger partial charge in [0.15, 0.2) is 0 Å². The van der Waals surface area contributed by atoms with Gasteiger partial charge in [-0.2, -0.15) is 0 Å². The minimum absolute atomic E-state index is 0.217. The Labute approximate surface area is 131 Å². The largest absolute Gasteiger partial charge is 0.454 e. The zero-order valence-corrected chi connectivity index (χ0v) is 12.1. The Balaban J connectivity index is 2.23. The molecule has 0 aromatic heterocycles. The van der Waals surface area contributed by atoms with E-state index in [4.69, 9.17) is 4.74 Å². The van der Waals surface area contributed by atoms with Crippen LogP contribution in [0, 0.1) is 20.2 Å². The Morgan fingerprint density at radius 2 is 1.61 bits per heavy atom. The zero-order valence-electron chi connectivity index (χ0n) is 12.1. The molecule has 0 amide bonds. The van der Waals surface area contributed by atoms with Gasteiger partial charge < -0.3 is 4.74 Å². The van der Waals surface area contributed by atoms with Crippen LogP contribution in [0.5, 0.6) is 0 Å². The van der Waals surface area contributed by atoms with Crippen molar-refractivity contribution in [1.82, 2.24) is 0 Å². The Bertz CT molecular complexity index is 663. The topological polar surface area (TPSA) is 113 Å². The summed E-state index contributed by atoms with van der Waals surface area (Å²) in [5, 5.41) is 21.7. The van der Waals surface area contributed by atoms with E-state index in [0.29, 0.717) is 6.42 Å². The van der Waals surface area contributed by atoms with Gasteiger partial charge in [0.25, 0.3) is 11.4 Å². The third-order valence-corrected chi connectivity index (χ3v) is 3.20. The molecule has 0 spiro atoms. The van der Waals surface area contributed by atoms with Crippen LogP contribution < -0.4 is 0 Å². The Hall–Kier alpha value is -3.03. The smallest absolute Gasteiger partial charge is 0.339 e. The van der Waals surface area contributed by atoms with Crippen molar-refractivity contribution in [2.24, 2.45) is 0 Å². The van der Waals surface area contributed by atoms with Crippen molar-refractivity contribution in [2.75, 3.05) is 0 Å². The lowest BCUT2D eigenvalue weighted by Crippen LogP contribution is -2.16. The van der Waals surface area contributed by atoms with Crippen LogP contribution in [0.2, 0.25) is 0 Å². The lowest BCUT2D eigenvalue weighted by atomic mass is 10.1. The van der Waals surface area contributed by atoms with Gasteiger partial charge in [0.05, 0.1) is 21.5 Å². The van der Waals surface area contributed by atoms with Crippen molar-refractivity contribution in [3.05, 3.63) is 68.3 Å². The van der Waals surface area contributed by atoms with Crippen LogP contribution in [0.3, 0.4) is 0 Å². The molecule has 0 bridgehead atoms. The first-order valence-corrected chi connectivity index (χ1v) is 6.94. The highest BCUT2D eigenvalue weighted by Crippen LogP contribution is 2.24. The molecular weight excluding hydrogens is 304 g/mol. The predicted molar refractivity (Wildman–Crippen MR) is 81.1 cm³/mol. The highest BCUT2D eigenvalue weighted by atomic mass is 16.6. The van der Waals surface area contributed by atoms with Crippen molar-refractivity contribution < 1.29 is 19.4 Å². The first-order chi connectivity index (χ1) is 11.0. The molecule has 1 atom stereocenters. The molecule has 120 valence electrons. The SMILES string of the molecule is O=C(OC1/C=C\CC/C=C\C1)c1cc([N+](=O)[O-])cc([N+](=O)[O-])c1. The summed E-state index contributed by atoms with van der Waals surface area (Å²) in [6, 6.07) is 2.74. The maximum Gasteiger partial charge on any atom is 0.339 e. The third kappa shape index (κ3) is 4.47. The average Bonchev–Trinajstić information content (AvgIpc) is 2.49. The van der Waals surface area contributed by atoms with Crippen molar-refractivity contribution >= 4 is 17.3 Å². The van der Waals surface area contributed by atoms with Gasteiger partial charge in [-0.15, -0.1) is 0 Å². The molecule has 1 aromatic rings. The number of hydrogen-bond donors (Lipinski definition) is 0. The van der Waals surface area contributed by atoms with E-state index in [9.17, 15) is 25.0 Å². The van der Waals surface area contributed by atoms with Gasteiger partial charge in [-0.3, -0.25) is 20.2 Å². The average molecular weight is 318 g/mol. The standard InChI is InChI=1S/C15H14N2O6/c18-15(23-14-6-4-2-1-3-5-7-14)11-8-12(16(19)20)10-13(9-11)17(21)22/h2,4-5,7-10,14H,1,3,6H2/b4-2-,7-5-. The molecule has 1 aromatic carbocycles. The highest BCUT2D eigenvalue weighted by molar-refractivity contribution is 5.91. The van der Waals surface area contributed by atoms with Gasteiger partial charge in [-0.1, -0.05) is 18.2 Å². The number of hydrogen-bond acceptors (Lipinski definition) is 6. The van der Waals surface area contributed by atoms with E-state index in [-0.39, 0.29) is 5.56 Å². The number of carbonyl (C=O) groups excluding carboxylic acids is 1. The van der Waals surface area contributed by atoms with E-state index >= 15 is 0 Å². The number of ether oxygens (including phenoxy) is 1. The fraction of sp³-hybridized carbons (Fsp3) is 0.267. The molecule has 0 aliphatic heterocycles. The molecule has 8 heteroatoms. The van der Waals surface area contributed by atoms with E-state index < -0.39 is 33.3 Å². The molecule has 1 aliphatic rings. The summed E-state index contributed by atoms with van der Waals surface area (Å²) in [7, 11) is 0. The fourth-order valence-corrected chi connectivity index (χ4v) is 2.08. The van der Waals surface area contributed by atoms with Crippen LogP contribution in [0.4, 0.5) is 11.4 Å². The second kappa shape index (κ2) is 7.30. The number of allylic oxidation sites excluding steroid dienone is 2. The van der Waals surface area contributed by atoms with Gasteiger partial charge in [0.1, 0.15) is 6.10 Å². The van der Waals surface area contributed by atoms with Crippen LogP contribution in [0.15, 0.2) is 42.5 Å². The summed E-state index contributed by atoms with van der Waals surface area (Å²) in [5.74, 6) is -0.833. The summed E-state index contributed by atoms with van der Waals surface area (Å²) in [6.45, 7) is 0. The molecule has 2 rings (SSSR count). The van der Waals surface area contributed by atoms with Crippen LogP contribution in [0.25, 0.3) is 0 Å². The van der Waals surface area contributed by atoms with E-state index in [0.717, 1.165) is 31.0 Å². The molecule has 0 saturated carbocycles. The van der Waals surface area contributed by atoms with Crippen LogP contribution in [-0.2, 0) is 4.74 Å². The van der Waals surface area contributed by atoms with Gasteiger partial charge in [-0.05, 0) is 18.9 Å². The Morgan fingerprint density at radius 3 is 2.22 bits per heavy atom. The third-order valence-electron chi connectivity index (χ3n) is 3.20. The van der Waals surface area contributed by atoms with Gasteiger partial charge in [-0.25, -0.2) is 4.79 Å². The van der Waals surface area contributed by atoms with Gasteiger partial charge in [0, 0.05) is 18.6 Å². The van der Waals surface area contributed by atoms with Crippen molar-refractivity contribution in [3.8, 4) is 0 Å². The first kappa shape index (κ1) is 16.3. The highest BCUT2D eigenvalue weighted by Gasteiger charge is 2.22. The summed E-state index contributed by atoms with van der Waals surface area (Å²) in [5.41, 5.74) is -1.27. The Kier molecular flexibility index (Phi) is 5.19. The van der Waals surface area contributed by atoms with E-state index in [1.165, 1.54) is 0 Å². The molecule has 23 heavy (non-hydrogen) atoms. The van der Waals surface area contributed by atoms with Crippen molar-refractivity contribution in [3.63, 3.8) is 0 Å². The monoisotopic (exact) mass is 318 g/mol. The summed E-state index contributed by atoms with van der Waals surface area (Å²) in [6.07, 6.45) is 9.21. The summed E-state index contributed by atoms with van der Waals surface area (Å²) >= 11 is 0. The summed E-state index contributed by atoms with van der Waals surface area (Å²) in [4.78, 5) is 32.2. The molecule has 0 fully saturated rings. The van der Waals surface area contributed by atoms with Crippen molar-refractivity contribution in [2.45, 2.75) is 25.4 Å². The van der Waals surface area contributed by atoms with Gasteiger partial charge >= 0.3 is 5.97 Å². The molecule has 8 nitrogen and oxygen atoms in total. The molecule has 0 radical (unpaired) electrons. The zero-order chi connectivity index (χ0) is 16.8. The second-order valence-corrected chi connectivity index (χ2v) is 4.91. The van der Waals surface area contributed by atoms with Crippen molar-refractivity contribution in [1.29, 1.82) is 0 Å². The molecule has 0 heterocycles. The van der Waals surface area contributed by atoms with Crippen LogP contribution >= 0.6 is 0 Å². The molecule has 0 saturated heterocycles. The number of rotatable bonds is 4. The number of nitro groups is 2. The minimum Gasteiger partial charge on any atom is -0.454 e. The number of carbonyl (C=O) groups is 1. The first-order valence-electron chi connectivity index (χ1n) is 6.94. The quantitative estimate of drug-likeness (QED) is 0.364. The number of non-ortho nitro benzene ring substituents is 2. The minimum atomic E-state index is -0.833. The number of esters is 1. The predicted octanol–water partition coefficient (Wildman–Crippen LogP) is 3.32. The second-order valence-electron chi connectivity index (χ2n) is 4.91. The molecule has 1 unspecified atom stereocenters. The Morgan fingerprint density at radius 1 is 1.00 bits per heavy atom. The van der Waals surface area contributed by atoms with E-state index in [1.807, 2.05) is 18.2 Å². The van der Waals surface area contributed by atoms with Crippen LogP contribution in [-0.4, -0.2) is 21.9 Å². The molecule has 0 N–H and O–H groups in total. The van der Waals surface area contributed by atoms with E-state index in [1.54, 1.807) is 6.08 Å². The van der Waals surface area contributed by atoms with Crippen LogP contribution in [0.1, 0.15) is 29.6 Å².